The zero-order valence-electron chi connectivity index (χ0n) is 24.9. The molecule has 0 aliphatic carbocycles. The van der Waals surface area contributed by atoms with Crippen molar-refractivity contribution in [3.05, 3.63) is 130 Å². The molecule has 0 radical (unpaired) electrons. The molecule has 0 saturated heterocycles. The number of carbonyl (C=O) groups excluding carboxylic acids is 2. The number of sulfonamides is 1. The summed E-state index contributed by atoms with van der Waals surface area (Å²) in [7, 11) is -3.42. The summed E-state index contributed by atoms with van der Waals surface area (Å²) in [6.07, 6.45) is 1.65. The molecule has 9 nitrogen and oxygen atoms in total. The van der Waals surface area contributed by atoms with Crippen LogP contribution < -0.4 is 21.1 Å². The second kappa shape index (κ2) is 14.2. The number of amides is 2. The minimum atomic E-state index is -3.42. The lowest BCUT2D eigenvalue weighted by Crippen LogP contribution is -2.43. The second-order valence-electron chi connectivity index (χ2n) is 10.7. The maximum Gasteiger partial charge on any atom is 0.241 e. The third kappa shape index (κ3) is 7.92. The standard InChI is InChI=1S/C34H32ClN5O4S2/c1-46(43,44)40-28-18-14-24(15-19-28)30-31(35)45-33(38-30)39-32(42)34(25-8-4-2-5-9-25,26-10-6-3-7-11-26)20-21-37-27-16-12-23(13-17-27)22-29(36)41/h2-19,37,40H,20-22H2,1H3,(H2,36,41)(H,38,39,42). The minimum Gasteiger partial charge on any atom is -0.385 e. The van der Waals surface area contributed by atoms with E-state index >= 15 is 0 Å². The maximum atomic E-state index is 14.5. The van der Waals surface area contributed by atoms with Gasteiger partial charge in [-0.15, -0.1) is 0 Å². The largest absolute Gasteiger partial charge is 0.385 e. The highest BCUT2D eigenvalue weighted by molar-refractivity contribution is 7.92. The summed E-state index contributed by atoms with van der Waals surface area (Å²) in [5, 5.41) is 6.80. The lowest BCUT2D eigenvalue weighted by molar-refractivity contribution is -0.120. The molecule has 1 aromatic heterocycles. The molecule has 5 rings (SSSR count). The number of nitrogens with zero attached hydrogens (tertiary/aromatic N) is 1. The summed E-state index contributed by atoms with van der Waals surface area (Å²) >= 11 is 7.75. The molecule has 0 fully saturated rings. The number of rotatable bonds is 13. The van der Waals surface area contributed by atoms with Crippen molar-refractivity contribution >= 4 is 61.3 Å². The average molecular weight is 674 g/mol. The fraction of sp³-hybridized carbons (Fsp3) is 0.147. The van der Waals surface area contributed by atoms with Crippen molar-refractivity contribution < 1.29 is 18.0 Å². The molecule has 0 unspecified atom stereocenters. The van der Waals surface area contributed by atoms with Crippen molar-refractivity contribution in [3.8, 4) is 11.3 Å². The predicted molar refractivity (Wildman–Crippen MR) is 186 cm³/mol. The van der Waals surface area contributed by atoms with Crippen molar-refractivity contribution in [1.29, 1.82) is 0 Å². The Bertz CT molecular complexity index is 1880. The molecule has 4 aromatic carbocycles. The van der Waals surface area contributed by atoms with Gasteiger partial charge in [-0.05, 0) is 47.4 Å². The Balaban J connectivity index is 1.44. The highest BCUT2D eigenvalue weighted by atomic mass is 35.5. The topological polar surface area (TPSA) is 143 Å². The first-order chi connectivity index (χ1) is 22.0. The molecule has 236 valence electrons. The molecule has 0 aliphatic heterocycles. The number of carbonyl (C=O) groups is 2. The molecule has 0 atom stereocenters. The molecule has 5 N–H and O–H groups in total. The highest BCUT2D eigenvalue weighted by Gasteiger charge is 2.42. The van der Waals surface area contributed by atoms with Gasteiger partial charge in [0, 0.05) is 23.5 Å². The van der Waals surface area contributed by atoms with E-state index in [9.17, 15) is 18.0 Å². The molecule has 2 amide bonds. The molecule has 5 aromatic rings. The van der Waals surface area contributed by atoms with Gasteiger partial charge in [-0.3, -0.25) is 14.3 Å². The van der Waals surface area contributed by atoms with Gasteiger partial charge in [-0.1, -0.05) is 108 Å². The highest BCUT2D eigenvalue weighted by Crippen LogP contribution is 2.40. The molecular weight excluding hydrogens is 642 g/mol. The van der Waals surface area contributed by atoms with Crippen LogP contribution in [0.4, 0.5) is 16.5 Å². The number of nitrogens with two attached hydrogens (primary N) is 1. The summed E-state index contributed by atoms with van der Waals surface area (Å²) in [4.78, 5) is 30.5. The smallest absolute Gasteiger partial charge is 0.241 e. The number of anilines is 3. The van der Waals surface area contributed by atoms with Crippen LogP contribution in [0.15, 0.2) is 109 Å². The quantitative estimate of drug-likeness (QED) is 0.116. The summed E-state index contributed by atoms with van der Waals surface area (Å²) in [6.45, 7) is 0.449. The SMILES string of the molecule is CS(=O)(=O)Nc1ccc(-c2nc(NC(=O)C(CCNc3ccc(CC(N)=O)cc3)(c3ccccc3)c3ccccc3)sc2Cl)cc1. The molecule has 12 heteroatoms. The summed E-state index contributed by atoms with van der Waals surface area (Å²) in [5.41, 5.74) is 9.08. The number of benzene rings is 4. The van der Waals surface area contributed by atoms with Gasteiger partial charge < -0.3 is 16.4 Å². The number of aromatic nitrogens is 1. The second-order valence-corrected chi connectivity index (χ2v) is 14.1. The Hall–Kier alpha value is -4.71. The normalized spacial score (nSPS) is 11.5. The monoisotopic (exact) mass is 673 g/mol. The van der Waals surface area contributed by atoms with E-state index in [1.807, 2.05) is 84.9 Å². The number of hydrogen-bond acceptors (Lipinski definition) is 7. The van der Waals surface area contributed by atoms with E-state index in [4.69, 9.17) is 17.3 Å². The van der Waals surface area contributed by atoms with Gasteiger partial charge in [-0.2, -0.15) is 0 Å². The van der Waals surface area contributed by atoms with Crippen LogP contribution in [-0.4, -0.2) is 38.0 Å². The maximum absolute atomic E-state index is 14.5. The van der Waals surface area contributed by atoms with E-state index in [1.165, 1.54) is 0 Å². The minimum absolute atomic E-state index is 0.166. The molecule has 1 heterocycles. The van der Waals surface area contributed by atoms with Gasteiger partial charge >= 0.3 is 0 Å². The van der Waals surface area contributed by atoms with Crippen molar-refractivity contribution in [2.24, 2.45) is 5.73 Å². The molecule has 46 heavy (non-hydrogen) atoms. The third-order valence-corrected chi connectivity index (χ3v) is 9.13. The number of nitrogens with one attached hydrogen (secondary N) is 3. The number of primary amides is 1. The lowest BCUT2D eigenvalue weighted by atomic mass is 9.71. The Morgan fingerprint density at radius 3 is 1.96 bits per heavy atom. The van der Waals surface area contributed by atoms with Gasteiger partial charge in [0.2, 0.25) is 21.8 Å². The van der Waals surface area contributed by atoms with E-state index < -0.39 is 21.3 Å². The van der Waals surface area contributed by atoms with Gasteiger partial charge in [0.15, 0.2) is 5.13 Å². The van der Waals surface area contributed by atoms with Crippen molar-refractivity contribution in [3.63, 3.8) is 0 Å². The summed E-state index contributed by atoms with van der Waals surface area (Å²) in [5.74, 6) is -0.663. The first-order valence-electron chi connectivity index (χ1n) is 14.3. The van der Waals surface area contributed by atoms with Crippen LogP contribution in [0, 0.1) is 0 Å². The van der Waals surface area contributed by atoms with Crippen LogP contribution in [0.2, 0.25) is 4.34 Å². The number of hydrogen-bond donors (Lipinski definition) is 4. The van der Waals surface area contributed by atoms with Gasteiger partial charge in [-0.25, -0.2) is 13.4 Å². The summed E-state index contributed by atoms with van der Waals surface area (Å²) < 4.78 is 26.0. The lowest BCUT2D eigenvalue weighted by Gasteiger charge is -2.34. The first kappa shape index (κ1) is 32.7. The van der Waals surface area contributed by atoms with E-state index in [-0.39, 0.29) is 12.3 Å². The van der Waals surface area contributed by atoms with Crippen molar-refractivity contribution in [2.45, 2.75) is 18.3 Å². The van der Waals surface area contributed by atoms with E-state index in [2.05, 4.69) is 20.3 Å². The molecule has 0 bridgehead atoms. The fourth-order valence-corrected chi connectivity index (χ4v) is 6.90. The van der Waals surface area contributed by atoms with Crippen LogP contribution in [0.3, 0.4) is 0 Å². The molecular formula is C34H32ClN5O4S2. The van der Waals surface area contributed by atoms with Crippen LogP contribution in [-0.2, 0) is 31.4 Å². The Labute approximate surface area is 276 Å². The predicted octanol–water partition coefficient (Wildman–Crippen LogP) is 6.29. The third-order valence-electron chi connectivity index (χ3n) is 7.35. The van der Waals surface area contributed by atoms with Gasteiger partial charge in [0.25, 0.3) is 0 Å². The van der Waals surface area contributed by atoms with E-state index in [0.29, 0.717) is 39.4 Å². The first-order valence-corrected chi connectivity index (χ1v) is 17.4. The van der Waals surface area contributed by atoms with Crippen LogP contribution in [0.25, 0.3) is 11.3 Å². The zero-order valence-corrected chi connectivity index (χ0v) is 27.3. The Morgan fingerprint density at radius 2 is 1.41 bits per heavy atom. The Morgan fingerprint density at radius 1 is 0.848 bits per heavy atom. The molecule has 0 spiro atoms. The van der Waals surface area contributed by atoms with Gasteiger partial charge in [0.05, 0.1) is 12.7 Å². The average Bonchev–Trinajstić information content (AvgIpc) is 3.39. The van der Waals surface area contributed by atoms with E-state index in [0.717, 1.165) is 40.0 Å². The molecule has 0 saturated carbocycles. The van der Waals surface area contributed by atoms with Crippen LogP contribution >= 0.6 is 22.9 Å². The fourth-order valence-electron chi connectivity index (χ4n) is 5.26. The Kier molecular flexibility index (Phi) is 10.1. The zero-order chi connectivity index (χ0) is 32.7. The summed E-state index contributed by atoms with van der Waals surface area (Å²) in [6, 6.07) is 33.4. The number of thiazole rings is 1. The number of halogens is 1. The van der Waals surface area contributed by atoms with Gasteiger partial charge in [0.1, 0.15) is 15.4 Å². The molecule has 0 aliphatic rings. The van der Waals surface area contributed by atoms with E-state index in [1.54, 1.807) is 24.3 Å². The van der Waals surface area contributed by atoms with Crippen molar-refractivity contribution in [2.75, 3.05) is 28.2 Å². The van der Waals surface area contributed by atoms with Crippen molar-refractivity contribution in [1.82, 2.24) is 4.98 Å². The van der Waals surface area contributed by atoms with Crippen LogP contribution in [0.1, 0.15) is 23.1 Å². The van der Waals surface area contributed by atoms with Crippen LogP contribution in [0.5, 0.6) is 0 Å².